The molecule has 1 amide bonds. The molecule has 0 spiro atoms. The molecular formula is C21H18N2O2. The molecule has 4 heteroatoms. The fraction of sp³-hybridized carbons (Fsp3) is 0.238. The van der Waals surface area contributed by atoms with Gasteiger partial charge in [0.05, 0.1) is 18.0 Å². The van der Waals surface area contributed by atoms with Gasteiger partial charge < -0.3 is 10.1 Å². The van der Waals surface area contributed by atoms with Crippen molar-refractivity contribution in [2.75, 3.05) is 6.54 Å². The number of nitriles is 1. The number of amides is 1. The van der Waals surface area contributed by atoms with Crippen LogP contribution in [-0.4, -0.2) is 12.6 Å². The van der Waals surface area contributed by atoms with Crippen LogP contribution in [0.5, 0.6) is 0 Å². The molecule has 0 radical (unpaired) electrons. The third kappa shape index (κ3) is 4.40. The summed E-state index contributed by atoms with van der Waals surface area (Å²) in [6.45, 7) is 0.444. The minimum Gasteiger partial charge on any atom is -0.445 e. The van der Waals surface area contributed by atoms with Gasteiger partial charge in [-0.1, -0.05) is 54.3 Å². The van der Waals surface area contributed by atoms with Crippen molar-refractivity contribution in [1.82, 2.24) is 5.32 Å². The number of nitrogens with zero attached hydrogens (tertiary/aromatic N) is 1. The third-order valence-corrected chi connectivity index (χ3v) is 4.15. The molecule has 25 heavy (non-hydrogen) atoms. The summed E-state index contributed by atoms with van der Waals surface area (Å²) in [7, 11) is 0. The Balaban J connectivity index is 1.47. The number of hydrogen-bond donors (Lipinski definition) is 1. The molecule has 0 aliphatic heterocycles. The molecule has 3 rings (SSSR count). The van der Waals surface area contributed by atoms with Gasteiger partial charge in [-0.2, -0.15) is 5.26 Å². The van der Waals surface area contributed by atoms with E-state index in [0.29, 0.717) is 0 Å². The lowest BCUT2D eigenvalue weighted by Gasteiger charge is -2.06. The number of benzene rings is 2. The highest BCUT2D eigenvalue weighted by Gasteiger charge is 2.44. The number of rotatable bonds is 4. The molecular weight excluding hydrogens is 312 g/mol. The highest BCUT2D eigenvalue weighted by molar-refractivity contribution is 5.67. The molecule has 0 aromatic heterocycles. The Bertz CT molecular complexity index is 853. The lowest BCUT2D eigenvalue weighted by molar-refractivity contribution is 0.141. The van der Waals surface area contributed by atoms with Crippen LogP contribution in [0.4, 0.5) is 4.79 Å². The standard InChI is InChI=1S/C21H18N2O2/c22-16-21(11-12-21)19-10-4-8-17(14-19)9-5-13-23-20(24)25-15-18-6-2-1-3-7-18/h1-4,6-8,10,14H,11-13,15H2,(H,23,24). The zero-order chi connectivity index (χ0) is 17.5. The van der Waals surface area contributed by atoms with E-state index >= 15 is 0 Å². The van der Waals surface area contributed by atoms with Crippen molar-refractivity contribution in [1.29, 1.82) is 5.26 Å². The zero-order valence-corrected chi connectivity index (χ0v) is 13.8. The monoisotopic (exact) mass is 330 g/mol. The van der Waals surface area contributed by atoms with E-state index in [1.165, 1.54) is 0 Å². The van der Waals surface area contributed by atoms with Crippen LogP contribution in [0.15, 0.2) is 54.6 Å². The molecule has 0 heterocycles. The molecule has 4 nitrogen and oxygen atoms in total. The van der Waals surface area contributed by atoms with Crippen LogP contribution < -0.4 is 5.32 Å². The first-order valence-corrected chi connectivity index (χ1v) is 8.17. The minimum atomic E-state index is -0.492. The highest BCUT2D eigenvalue weighted by atomic mass is 16.5. The van der Waals surface area contributed by atoms with Gasteiger partial charge in [0.15, 0.2) is 0 Å². The topological polar surface area (TPSA) is 62.1 Å². The second-order valence-corrected chi connectivity index (χ2v) is 5.99. The molecule has 2 aromatic rings. The molecule has 2 aromatic carbocycles. The van der Waals surface area contributed by atoms with Crippen molar-refractivity contribution in [2.24, 2.45) is 0 Å². The second kappa shape index (κ2) is 7.55. The molecule has 1 saturated carbocycles. The number of carbonyl (C=O) groups is 1. The molecule has 0 unspecified atom stereocenters. The molecule has 1 aliphatic carbocycles. The molecule has 0 atom stereocenters. The molecule has 1 fully saturated rings. The lowest BCUT2D eigenvalue weighted by atomic mass is 9.96. The van der Waals surface area contributed by atoms with Crippen LogP contribution in [0.3, 0.4) is 0 Å². The van der Waals surface area contributed by atoms with Gasteiger partial charge in [-0.05, 0) is 36.1 Å². The largest absolute Gasteiger partial charge is 0.445 e. The van der Waals surface area contributed by atoms with Crippen LogP contribution in [0.2, 0.25) is 0 Å². The summed E-state index contributed by atoms with van der Waals surface area (Å²) >= 11 is 0. The SMILES string of the molecule is N#CC1(c2cccc(C#CCNC(=O)OCc3ccccc3)c2)CC1. The van der Waals surface area contributed by atoms with Gasteiger partial charge in [-0.25, -0.2) is 4.79 Å². The normalized spacial score (nSPS) is 13.7. The summed E-state index contributed by atoms with van der Waals surface area (Å²) in [5.74, 6) is 5.91. The smallest absolute Gasteiger partial charge is 0.408 e. The van der Waals surface area contributed by atoms with Crippen LogP contribution >= 0.6 is 0 Å². The average Bonchev–Trinajstić information content (AvgIpc) is 3.46. The third-order valence-electron chi connectivity index (χ3n) is 4.15. The van der Waals surface area contributed by atoms with E-state index in [4.69, 9.17) is 4.74 Å². The number of nitrogens with one attached hydrogen (secondary N) is 1. The molecule has 1 N–H and O–H groups in total. The average molecular weight is 330 g/mol. The molecule has 124 valence electrons. The molecule has 0 bridgehead atoms. The van der Waals surface area contributed by atoms with Gasteiger partial charge in [0.1, 0.15) is 6.61 Å². The zero-order valence-electron chi connectivity index (χ0n) is 13.8. The first-order valence-electron chi connectivity index (χ1n) is 8.17. The number of alkyl carbamates (subject to hydrolysis) is 1. The van der Waals surface area contributed by atoms with Crippen molar-refractivity contribution in [3.05, 3.63) is 71.3 Å². The first kappa shape index (κ1) is 16.6. The van der Waals surface area contributed by atoms with E-state index in [-0.39, 0.29) is 18.6 Å². The highest BCUT2D eigenvalue weighted by Crippen LogP contribution is 2.47. The molecule has 1 aliphatic rings. The van der Waals surface area contributed by atoms with Gasteiger partial charge in [0.25, 0.3) is 0 Å². The summed E-state index contributed by atoms with van der Waals surface area (Å²) in [5.41, 5.74) is 2.50. The van der Waals surface area contributed by atoms with E-state index in [1.807, 2.05) is 54.6 Å². The Kier molecular flexibility index (Phi) is 5.02. The maximum absolute atomic E-state index is 11.6. The maximum atomic E-state index is 11.6. The Hall–Kier alpha value is -3.24. The van der Waals surface area contributed by atoms with Crippen molar-refractivity contribution in [3.63, 3.8) is 0 Å². The van der Waals surface area contributed by atoms with Crippen LogP contribution in [0, 0.1) is 23.2 Å². The first-order chi connectivity index (χ1) is 12.2. The minimum absolute atomic E-state index is 0.210. The van der Waals surface area contributed by atoms with Gasteiger partial charge in [-0.15, -0.1) is 0 Å². The van der Waals surface area contributed by atoms with Crippen molar-refractivity contribution >= 4 is 6.09 Å². The van der Waals surface area contributed by atoms with E-state index in [0.717, 1.165) is 29.5 Å². The van der Waals surface area contributed by atoms with Gasteiger partial charge in [0.2, 0.25) is 0 Å². The number of hydrogen-bond acceptors (Lipinski definition) is 3. The summed E-state index contributed by atoms with van der Waals surface area (Å²) in [4.78, 5) is 11.6. The van der Waals surface area contributed by atoms with Crippen molar-refractivity contribution in [2.45, 2.75) is 24.9 Å². The maximum Gasteiger partial charge on any atom is 0.408 e. The van der Waals surface area contributed by atoms with Gasteiger partial charge >= 0.3 is 6.09 Å². The number of carbonyl (C=O) groups excluding carboxylic acids is 1. The van der Waals surface area contributed by atoms with Crippen molar-refractivity contribution < 1.29 is 9.53 Å². The summed E-state index contributed by atoms with van der Waals surface area (Å²) in [6, 6.07) is 19.6. The Morgan fingerprint density at radius 2 is 1.96 bits per heavy atom. The number of ether oxygens (including phenoxy) is 1. The summed E-state index contributed by atoms with van der Waals surface area (Å²) in [5, 5.41) is 11.9. The van der Waals surface area contributed by atoms with Gasteiger partial charge in [-0.3, -0.25) is 0 Å². The van der Waals surface area contributed by atoms with Crippen molar-refractivity contribution in [3.8, 4) is 17.9 Å². The predicted octanol–water partition coefficient (Wildman–Crippen LogP) is 3.52. The Morgan fingerprint density at radius 3 is 2.68 bits per heavy atom. The second-order valence-electron chi connectivity index (χ2n) is 5.99. The van der Waals surface area contributed by atoms with E-state index in [9.17, 15) is 10.1 Å². The summed E-state index contributed by atoms with van der Waals surface area (Å²) < 4.78 is 5.11. The summed E-state index contributed by atoms with van der Waals surface area (Å²) in [6.07, 6.45) is 1.33. The van der Waals surface area contributed by atoms with E-state index in [1.54, 1.807) is 0 Å². The van der Waals surface area contributed by atoms with Crippen LogP contribution in [0.1, 0.15) is 29.5 Å². The van der Waals surface area contributed by atoms with Crippen LogP contribution in [0.25, 0.3) is 0 Å². The van der Waals surface area contributed by atoms with Gasteiger partial charge in [0, 0.05) is 5.56 Å². The van der Waals surface area contributed by atoms with E-state index < -0.39 is 6.09 Å². The fourth-order valence-corrected chi connectivity index (χ4v) is 2.52. The lowest BCUT2D eigenvalue weighted by Crippen LogP contribution is -2.24. The Morgan fingerprint density at radius 1 is 1.16 bits per heavy atom. The quantitative estimate of drug-likeness (QED) is 0.873. The Labute approximate surface area is 147 Å². The van der Waals surface area contributed by atoms with Crippen LogP contribution in [-0.2, 0) is 16.8 Å². The predicted molar refractivity (Wildman–Crippen MR) is 94.5 cm³/mol. The molecule has 0 saturated heterocycles. The fourth-order valence-electron chi connectivity index (χ4n) is 2.52. The van der Waals surface area contributed by atoms with E-state index in [2.05, 4.69) is 23.2 Å².